The Bertz CT molecular complexity index is 1730. The van der Waals surface area contributed by atoms with Crippen molar-refractivity contribution in [2.75, 3.05) is 9.80 Å². The fourth-order valence-electron chi connectivity index (χ4n) is 6.51. The van der Waals surface area contributed by atoms with Gasteiger partial charge in [0.2, 0.25) is 0 Å². The van der Waals surface area contributed by atoms with E-state index in [9.17, 15) is 0 Å². The maximum Gasteiger partial charge on any atom is 0.0462 e. The summed E-state index contributed by atoms with van der Waals surface area (Å²) in [5.74, 6) is 0. The van der Waals surface area contributed by atoms with Gasteiger partial charge < -0.3 is 9.80 Å². The molecule has 0 radical (unpaired) electrons. The lowest BCUT2D eigenvalue weighted by Gasteiger charge is -2.31. The highest BCUT2D eigenvalue weighted by Gasteiger charge is 2.24. The van der Waals surface area contributed by atoms with Crippen LogP contribution >= 0.6 is 0 Å². The van der Waals surface area contributed by atoms with Gasteiger partial charge in [-0.2, -0.15) is 0 Å². The molecule has 0 aromatic heterocycles. The number of para-hydroxylation sites is 2. The van der Waals surface area contributed by atoms with Crippen molar-refractivity contribution < 1.29 is 0 Å². The van der Waals surface area contributed by atoms with E-state index in [2.05, 4.69) is 174 Å². The van der Waals surface area contributed by atoms with Crippen molar-refractivity contribution in [3.8, 4) is 22.3 Å². The first-order valence-electron chi connectivity index (χ1n) is 15.8. The Kier molecular flexibility index (Phi) is 7.97. The van der Waals surface area contributed by atoms with E-state index in [0.29, 0.717) is 6.04 Å². The third kappa shape index (κ3) is 5.89. The van der Waals surface area contributed by atoms with E-state index in [1.54, 1.807) is 0 Å². The average molecular weight is 571 g/mol. The highest BCUT2D eigenvalue weighted by molar-refractivity contribution is 5.79. The van der Waals surface area contributed by atoms with Crippen LogP contribution < -0.4 is 9.80 Å². The Labute approximate surface area is 261 Å². The lowest BCUT2D eigenvalue weighted by atomic mass is 10.0. The second-order valence-electron chi connectivity index (χ2n) is 11.8. The van der Waals surface area contributed by atoms with Crippen LogP contribution in [0.25, 0.3) is 22.3 Å². The molecule has 6 aromatic carbocycles. The molecule has 216 valence electrons. The van der Waals surface area contributed by atoms with Gasteiger partial charge in [0.1, 0.15) is 0 Å². The summed E-state index contributed by atoms with van der Waals surface area (Å²) in [4.78, 5) is 4.87. The predicted octanol–water partition coefficient (Wildman–Crippen LogP) is 11.9. The minimum atomic E-state index is 0.535. The Hall–Kier alpha value is -5.08. The second-order valence-corrected chi connectivity index (χ2v) is 11.8. The molecule has 1 saturated carbocycles. The smallest absolute Gasteiger partial charge is 0.0462 e. The first-order valence-corrected chi connectivity index (χ1v) is 15.8. The van der Waals surface area contributed by atoms with E-state index in [0.717, 1.165) is 17.1 Å². The maximum absolute atomic E-state index is 2.57. The summed E-state index contributed by atoms with van der Waals surface area (Å²) >= 11 is 0. The molecule has 7 rings (SSSR count). The summed E-state index contributed by atoms with van der Waals surface area (Å²) in [5, 5.41) is 0. The normalized spacial score (nSPS) is 13.1. The number of hydrogen-bond donors (Lipinski definition) is 0. The van der Waals surface area contributed by atoms with Crippen LogP contribution in [0.15, 0.2) is 158 Å². The zero-order valence-corrected chi connectivity index (χ0v) is 25.3. The maximum atomic E-state index is 2.57. The van der Waals surface area contributed by atoms with Gasteiger partial charge in [0, 0.05) is 34.5 Å². The fourth-order valence-corrected chi connectivity index (χ4v) is 6.51. The Morgan fingerprint density at radius 1 is 0.386 bits per heavy atom. The Balaban J connectivity index is 1.15. The average Bonchev–Trinajstić information content (AvgIpc) is 3.62. The van der Waals surface area contributed by atoms with Crippen molar-refractivity contribution in [2.24, 2.45) is 0 Å². The second kappa shape index (κ2) is 12.7. The van der Waals surface area contributed by atoms with Crippen molar-refractivity contribution in [3.63, 3.8) is 0 Å². The molecule has 6 aromatic rings. The van der Waals surface area contributed by atoms with Crippen LogP contribution in [0, 0.1) is 6.92 Å². The largest absolute Gasteiger partial charge is 0.338 e. The van der Waals surface area contributed by atoms with E-state index < -0.39 is 0 Å². The van der Waals surface area contributed by atoms with Crippen molar-refractivity contribution in [1.29, 1.82) is 0 Å². The van der Waals surface area contributed by atoms with Gasteiger partial charge in [-0.15, -0.1) is 0 Å². The first-order chi connectivity index (χ1) is 21.7. The van der Waals surface area contributed by atoms with Gasteiger partial charge in [0.05, 0.1) is 0 Å². The lowest BCUT2D eigenvalue weighted by molar-refractivity contribution is 0.678. The molecule has 1 aliphatic rings. The summed E-state index contributed by atoms with van der Waals surface area (Å²) in [6, 6.07) is 57.7. The molecule has 0 spiro atoms. The molecule has 44 heavy (non-hydrogen) atoms. The molecule has 0 unspecified atom stereocenters. The fraction of sp³-hybridized carbons (Fsp3) is 0.143. The summed E-state index contributed by atoms with van der Waals surface area (Å²) in [7, 11) is 0. The van der Waals surface area contributed by atoms with Crippen LogP contribution in [-0.2, 0) is 0 Å². The molecule has 0 saturated heterocycles. The monoisotopic (exact) mass is 570 g/mol. The zero-order chi connectivity index (χ0) is 29.7. The van der Waals surface area contributed by atoms with Gasteiger partial charge in [-0.25, -0.2) is 0 Å². The molecule has 0 aliphatic heterocycles. The van der Waals surface area contributed by atoms with E-state index in [1.165, 1.54) is 64.9 Å². The van der Waals surface area contributed by atoms with Gasteiger partial charge in [0.15, 0.2) is 0 Å². The van der Waals surface area contributed by atoms with E-state index >= 15 is 0 Å². The van der Waals surface area contributed by atoms with Gasteiger partial charge in [0.25, 0.3) is 0 Å². The van der Waals surface area contributed by atoms with E-state index in [-0.39, 0.29) is 0 Å². The highest BCUT2D eigenvalue weighted by atomic mass is 15.2. The summed E-state index contributed by atoms with van der Waals surface area (Å²) in [6.45, 7) is 2.14. The van der Waals surface area contributed by atoms with Crippen LogP contribution in [0.4, 0.5) is 28.4 Å². The third-order valence-electron chi connectivity index (χ3n) is 8.85. The van der Waals surface area contributed by atoms with Gasteiger partial charge in [-0.3, -0.25) is 0 Å². The predicted molar refractivity (Wildman–Crippen MR) is 188 cm³/mol. The van der Waals surface area contributed by atoms with Crippen molar-refractivity contribution >= 4 is 28.4 Å². The van der Waals surface area contributed by atoms with E-state index in [4.69, 9.17) is 0 Å². The molecular weight excluding hydrogens is 532 g/mol. The summed E-state index contributed by atoms with van der Waals surface area (Å²) in [5.41, 5.74) is 12.2. The molecule has 0 bridgehead atoms. The minimum absolute atomic E-state index is 0.535. The highest BCUT2D eigenvalue weighted by Crippen LogP contribution is 2.38. The van der Waals surface area contributed by atoms with Gasteiger partial charge >= 0.3 is 0 Å². The molecule has 1 aliphatic carbocycles. The molecular formula is C42H38N2. The Morgan fingerprint density at radius 3 is 1.14 bits per heavy atom. The van der Waals surface area contributed by atoms with Crippen molar-refractivity contribution in [1.82, 2.24) is 0 Å². The van der Waals surface area contributed by atoms with Crippen LogP contribution in [-0.4, -0.2) is 6.04 Å². The van der Waals surface area contributed by atoms with Gasteiger partial charge in [-0.1, -0.05) is 115 Å². The topological polar surface area (TPSA) is 6.48 Å². The molecule has 2 heteroatoms. The van der Waals surface area contributed by atoms with Crippen LogP contribution in [0.5, 0.6) is 0 Å². The third-order valence-corrected chi connectivity index (χ3v) is 8.85. The quantitative estimate of drug-likeness (QED) is 0.180. The number of aryl methyl sites for hydroxylation is 1. The van der Waals surface area contributed by atoms with Gasteiger partial charge in [-0.05, 0) is 103 Å². The zero-order valence-electron chi connectivity index (χ0n) is 25.3. The molecule has 0 atom stereocenters. The Morgan fingerprint density at radius 2 is 0.727 bits per heavy atom. The SMILES string of the molecule is Cc1ccc(-c2ccc(N(c3ccc(-c4ccc(N(c5ccccc5)c5ccccc5)cc4)cc3)C3CCCC3)cc2)cc1. The molecule has 1 fully saturated rings. The number of rotatable bonds is 8. The minimum Gasteiger partial charge on any atom is -0.338 e. The number of benzene rings is 6. The van der Waals surface area contributed by atoms with Crippen LogP contribution in [0.2, 0.25) is 0 Å². The van der Waals surface area contributed by atoms with Crippen molar-refractivity contribution in [2.45, 2.75) is 38.6 Å². The summed E-state index contributed by atoms with van der Waals surface area (Å²) in [6.07, 6.45) is 5.08. The number of hydrogen-bond acceptors (Lipinski definition) is 2. The lowest BCUT2D eigenvalue weighted by Crippen LogP contribution is -2.28. The number of anilines is 5. The van der Waals surface area contributed by atoms with E-state index in [1.807, 2.05) is 0 Å². The number of nitrogens with zero attached hydrogens (tertiary/aromatic N) is 2. The van der Waals surface area contributed by atoms with Crippen LogP contribution in [0.1, 0.15) is 31.2 Å². The summed E-state index contributed by atoms with van der Waals surface area (Å²) < 4.78 is 0. The van der Waals surface area contributed by atoms with Crippen molar-refractivity contribution in [3.05, 3.63) is 163 Å². The van der Waals surface area contributed by atoms with Crippen LogP contribution in [0.3, 0.4) is 0 Å². The molecule has 2 nitrogen and oxygen atoms in total. The molecule has 0 N–H and O–H groups in total. The molecule has 0 heterocycles. The standard InChI is InChI=1S/C42H38N2/c1-32-16-18-33(19-17-32)34-20-28-41(29-21-34)44(39-14-8-9-15-39)42-30-24-36(25-31-42)35-22-26-40(27-23-35)43(37-10-4-2-5-11-37)38-12-6-3-7-13-38/h2-7,10-13,16-31,39H,8-9,14-15H2,1H3. The molecule has 0 amide bonds. The first kappa shape index (κ1) is 27.7.